The maximum Gasteiger partial charge on any atom is 0.397 e. The Hall–Kier alpha value is -3.48. The van der Waals surface area contributed by atoms with Gasteiger partial charge in [0.15, 0.2) is 0 Å². The van der Waals surface area contributed by atoms with Crippen molar-refractivity contribution in [3.63, 3.8) is 0 Å². The number of amides is 1. The second-order valence-electron chi connectivity index (χ2n) is 5.35. The van der Waals surface area contributed by atoms with Gasteiger partial charge < -0.3 is 10.1 Å². The van der Waals surface area contributed by atoms with E-state index in [9.17, 15) is 14.0 Å². The monoisotopic (exact) mass is 353 g/mol. The zero-order valence-corrected chi connectivity index (χ0v) is 14.0. The summed E-state index contributed by atoms with van der Waals surface area (Å²) in [5.74, 6) is -2.14. The predicted octanol–water partition coefficient (Wildman–Crippen LogP) is 3.18. The van der Waals surface area contributed by atoms with Crippen LogP contribution < -0.4 is 5.32 Å². The quantitative estimate of drug-likeness (QED) is 0.577. The van der Waals surface area contributed by atoms with Crippen LogP contribution in [-0.4, -0.2) is 28.3 Å². The van der Waals surface area contributed by atoms with E-state index in [2.05, 4.69) is 10.4 Å². The van der Waals surface area contributed by atoms with Crippen LogP contribution in [0.4, 0.5) is 10.2 Å². The molecule has 1 amide bonds. The molecule has 0 atom stereocenters. The molecule has 0 unspecified atom stereocenters. The van der Waals surface area contributed by atoms with Crippen LogP contribution in [0.2, 0.25) is 0 Å². The van der Waals surface area contributed by atoms with Gasteiger partial charge in [-0.25, -0.2) is 13.9 Å². The molecule has 6 nitrogen and oxygen atoms in total. The summed E-state index contributed by atoms with van der Waals surface area (Å²) in [5.41, 5.74) is 1.79. The van der Waals surface area contributed by atoms with Crippen molar-refractivity contribution in [2.75, 3.05) is 11.9 Å². The molecule has 0 spiro atoms. The van der Waals surface area contributed by atoms with Gasteiger partial charge in [-0.3, -0.25) is 4.79 Å². The van der Waals surface area contributed by atoms with Crippen molar-refractivity contribution in [3.8, 4) is 16.9 Å². The standard InChI is InChI=1S/C19H16FN3O3/c1-2-26-19(25)18(24)21-17-12-16(13-7-4-3-5-8-13)22-23(17)15-10-6-9-14(20)11-15/h3-12H,2H2,1H3,(H,21,24). The highest BCUT2D eigenvalue weighted by molar-refractivity contribution is 6.37. The van der Waals surface area contributed by atoms with Gasteiger partial charge in [0.25, 0.3) is 0 Å². The van der Waals surface area contributed by atoms with Crippen LogP contribution >= 0.6 is 0 Å². The lowest BCUT2D eigenvalue weighted by atomic mass is 10.2. The smallest absolute Gasteiger partial charge is 0.397 e. The topological polar surface area (TPSA) is 73.2 Å². The second-order valence-corrected chi connectivity index (χ2v) is 5.35. The minimum Gasteiger partial charge on any atom is -0.459 e. The number of rotatable bonds is 4. The molecule has 26 heavy (non-hydrogen) atoms. The van der Waals surface area contributed by atoms with Crippen LogP contribution in [0.3, 0.4) is 0 Å². The van der Waals surface area contributed by atoms with Crippen LogP contribution in [0.5, 0.6) is 0 Å². The number of carbonyl (C=O) groups excluding carboxylic acids is 2. The summed E-state index contributed by atoms with van der Waals surface area (Å²) in [5, 5.41) is 6.90. The largest absolute Gasteiger partial charge is 0.459 e. The third-order valence-corrected chi connectivity index (χ3v) is 3.53. The Bertz CT molecular complexity index is 938. The Morgan fingerprint density at radius 1 is 1.12 bits per heavy atom. The fourth-order valence-corrected chi connectivity index (χ4v) is 2.39. The lowest BCUT2D eigenvalue weighted by Gasteiger charge is -2.08. The summed E-state index contributed by atoms with van der Waals surface area (Å²) >= 11 is 0. The fourth-order valence-electron chi connectivity index (χ4n) is 2.39. The Morgan fingerprint density at radius 2 is 1.88 bits per heavy atom. The minimum absolute atomic E-state index is 0.0880. The number of hydrogen-bond donors (Lipinski definition) is 1. The van der Waals surface area contributed by atoms with Gasteiger partial charge in [0, 0.05) is 11.6 Å². The van der Waals surface area contributed by atoms with E-state index in [1.54, 1.807) is 19.1 Å². The summed E-state index contributed by atoms with van der Waals surface area (Å²) in [6, 6.07) is 16.7. The van der Waals surface area contributed by atoms with Gasteiger partial charge in [-0.1, -0.05) is 36.4 Å². The van der Waals surface area contributed by atoms with Crippen LogP contribution in [0.25, 0.3) is 16.9 Å². The summed E-state index contributed by atoms with van der Waals surface area (Å²) < 4.78 is 19.7. The normalized spacial score (nSPS) is 10.4. The Labute approximate surface area is 149 Å². The first-order valence-corrected chi connectivity index (χ1v) is 7.98. The third kappa shape index (κ3) is 3.77. The second kappa shape index (κ2) is 7.60. The van der Waals surface area contributed by atoms with E-state index in [1.807, 2.05) is 30.3 Å². The van der Waals surface area contributed by atoms with Crippen molar-refractivity contribution in [3.05, 3.63) is 66.5 Å². The molecule has 132 valence electrons. The molecule has 0 saturated heterocycles. The molecular weight excluding hydrogens is 337 g/mol. The third-order valence-electron chi connectivity index (χ3n) is 3.53. The average Bonchev–Trinajstić information content (AvgIpc) is 3.06. The molecule has 3 aromatic rings. The van der Waals surface area contributed by atoms with E-state index in [-0.39, 0.29) is 12.4 Å². The number of nitrogens with zero attached hydrogens (tertiary/aromatic N) is 2. The van der Waals surface area contributed by atoms with Crippen LogP contribution in [0.15, 0.2) is 60.7 Å². The van der Waals surface area contributed by atoms with E-state index >= 15 is 0 Å². The molecule has 2 aromatic carbocycles. The van der Waals surface area contributed by atoms with Gasteiger partial charge in [-0.05, 0) is 25.1 Å². The summed E-state index contributed by atoms with van der Waals surface area (Å²) in [4.78, 5) is 23.6. The van der Waals surface area contributed by atoms with Gasteiger partial charge in [-0.2, -0.15) is 5.10 Å². The van der Waals surface area contributed by atoms with Gasteiger partial charge in [-0.15, -0.1) is 0 Å². The van der Waals surface area contributed by atoms with E-state index in [0.29, 0.717) is 11.4 Å². The number of halogens is 1. The number of anilines is 1. The zero-order valence-electron chi connectivity index (χ0n) is 14.0. The summed E-state index contributed by atoms with van der Waals surface area (Å²) in [6.45, 7) is 1.69. The molecular formula is C19H16FN3O3. The van der Waals surface area contributed by atoms with Gasteiger partial charge in [0.2, 0.25) is 0 Å². The van der Waals surface area contributed by atoms with Crippen molar-refractivity contribution in [2.45, 2.75) is 6.92 Å². The van der Waals surface area contributed by atoms with Crippen LogP contribution in [-0.2, 0) is 14.3 Å². The molecule has 3 rings (SSSR count). The van der Waals surface area contributed by atoms with E-state index in [0.717, 1.165) is 5.56 Å². The Kier molecular flexibility index (Phi) is 5.07. The first-order valence-electron chi connectivity index (χ1n) is 7.98. The maximum absolute atomic E-state index is 13.6. The van der Waals surface area contributed by atoms with Gasteiger partial charge in [0.05, 0.1) is 18.0 Å². The van der Waals surface area contributed by atoms with Gasteiger partial charge in [0.1, 0.15) is 11.6 Å². The Morgan fingerprint density at radius 3 is 2.58 bits per heavy atom. The van der Waals surface area contributed by atoms with Crippen molar-refractivity contribution >= 4 is 17.7 Å². The predicted molar refractivity (Wildman–Crippen MR) is 94.2 cm³/mol. The first kappa shape index (κ1) is 17.3. The molecule has 1 aromatic heterocycles. The molecule has 0 radical (unpaired) electrons. The number of aromatic nitrogens is 2. The summed E-state index contributed by atoms with van der Waals surface area (Å²) in [7, 11) is 0. The molecule has 0 aliphatic carbocycles. The molecule has 0 saturated carbocycles. The lowest BCUT2D eigenvalue weighted by Crippen LogP contribution is -2.26. The molecule has 0 aliphatic heterocycles. The Balaban J connectivity index is 2.02. The van der Waals surface area contributed by atoms with Crippen LogP contribution in [0.1, 0.15) is 6.92 Å². The van der Waals surface area contributed by atoms with Crippen LogP contribution in [0, 0.1) is 5.82 Å². The first-order chi connectivity index (χ1) is 12.6. The molecule has 0 aliphatic rings. The number of ether oxygens (including phenoxy) is 1. The van der Waals surface area contributed by atoms with Crippen molar-refractivity contribution in [2.24, 2.45) is 0 Å². The number of esters is 1. The molecule has 7 heteroatoms. The summed E-state index contributed by atoms with van der Waals surface area (Å²) in [6.07, 6.45) is 0. The molecule has 1 N–H and O–H groups in total. The van der Waals surface area contributed by atoms with Crippen molar-refractivity contribution in [1.82, 2.24) is 9.78 Å². The average molecular weight is 353 g/mol. The SMILES string of the molecule is CCOC(=O)C(=O)Nc1cc(-c2ccccc2)nn1-c1cccc(F)c1. The highest BCUT2D eigenvalue weighted by Gasteiger charge is 2.19. The van der Waals surface area contributed by atoms with E-state index in [1.165, 1.54) is 22.9 Å². The molecule has 0 bridgehead atoms. The fraction of sp³-hybridized carbons (Fsp3) is 0.105. The minimum atomic E-state index is -0.999. The number of nitrogens with one attached hydrogen (secondary N) is 1. The van der Waals surface area contributed by atoms with Crippen molar-refractivity contribution in [1.29, 1.82) is 0 Å². The maximum atomic E-state index is 13.6. The highest BCUT2D eigenvalue weighted by Crippen LogP contribution is 2.25. The molecule has 1 heterocycles. The zero-order chi connectivity index (χ0) is 18.5. The number of carbonyl (C=O) groups is 2. The van der Waals surface area contributed by atoms with E-state index in [4.69, 9.17) is 4.74 Å². The van der Waals surface area contributed by atoms with Crippen molar-refractivity contribution < 1.29 is 18.7 Å². The van der Waals surface area contributed by atoms with Gasteiger partial charge >= 0.3 is 11.9 Å². The number of hydrogen-bond acceptors (Lipinski definition) is 4. The van der Waals surface area contributed by atoms with E-state index < -0.39 is 17.7 Å². The number of benzene rings is 2. The highest BCUT2D eigenvalue weighted by atomic mass is 19.1. The molecule has 0 fully saturated rings. The lowest BCUT2D eigenvalue weighted by molar-refractivity contribution is -0.152.